The molecule has 0 spiro atoms. The molecule has 0 saturated carbocycles. The highest BCUT2D eigenvalue weighted by molar-refractivity contribution is 6.07. The van der Waals surface area contributed by atoms with E-state index < -0.39 is 0 Å². The smallest absolute Gasteiger partial charge is 0.252 e. The summed E-state index contributed by atoms with van der Waals surface area (Å²) >= 11 is 0. The van der Waals surface area contributed by atoms with E-state index in [4.69, 9.17) is 9.72 Å². The van der Waals surface area contributed by atoms with E-state index >= 15 is 0 Å². The van der Waals surface area contributed by atoms with Crippen LogP contribution in [0.25, 0.3) is 22.2 Å². The highest BCUT2D eigenvalue weighted by Gasteiger charge is 2.25. The van der Waals surface area contributed by atoms with Crippen LogP contribution < -0.4 is 10.1 Å². The van der Waals surface area contributed by atoms with Crippen LogP contribution in [0.15, 0.2) is 78.9 Å². The number of methoxy groups -OCH3 is 1. The van der Waals surface area contributed by atoms with E-state index in [1.807, 2.05) is 54.6 Å². The third-order valence-corrected chi connectivity index (χ3v) is 7.35. The minimum atomic E-state index is -0.0780. The average molecular weight is 494 g/mol. The molecule has 37 heavy (non-hydrogen) atoms. The molecule has 1 fully saturated rings. The molecule has 1 aromatic heterocycles. The van der Waals surface area contributed by atoms with Crippen LogP contribution in [0.5, 0.6) is 5.75 Å². The molecule has 5 rings (SSSR count). The van der Waals surface area contributed by atoms with E-state index in [1.165, 1.54) is 24.0 Å². The number of nitrogens with zero attached hydrogens (tertiary/aromatic N) is 2. The Kier molecular flexibility index (Phi) is 7.52. The summed E-state index contributed by atoms with van der Waals surface area (Å²) in [6.45, 7) is 7.11. The van der Waals surface area contributed by atoms with Crippen LogP contribution in [0.1, 0.15) is 60.1 Å². The Morgan fingerprint density at radius 3 is 2.41 bits per heavy atom. The number of benzene rings is 3. The molecular weight excluding hydrogens is 458 g/mol. The third kappa shape index (κ3) is 5.52. The first-order chi connectivity index (χ1) is 18.0. The summed E-state index contributed by atoms with van der Waals surface area (Å²) in [6, 6.07) is 26.6. The zero-order valence-electron chi connectivity index (χ0n) is 21.9. The fraction of sp³-hybridized carbons (Fsp3) is 0.312. The number of carbonyl (C=O) groups is 1. The fourth-order valence-corrected chi connectivity index (χ4v) is 5.19. The van der Waals surface area contributed by atoms with Crippen molar-refractivity contribution in [3.63, 3.8) is 0 Å². The number of likely N-dealkylation sites (tertiary alicyclic amines) is 1. The van der Waals surface area contributed by atoms with Gasteiger partial charge in [-0.1, -0.05) is 68.4 Å². The Balaban J connectivity index is 1.44. The van der Waals surface area contributed by atoms with Gasteiger partial charge in [-0.25, -0.2) is 4.98 Å². The lowest BCUT2D eigenvalue weighted by Gasteiger charge is -2.28. The Labute approximate surface area is 219 Å². The van der Waals surface area contributed by atoms with Crippen LogP contribution in [0.2, 0.25) is 0 Å². The van der Waals surface area contributed by atoms with E-state index in [-0.39, 0.29) is 11.9 Å². The van der Waals surface area contributed by atoms with Gasteiger partial charge in [0.05, 0.1) is 29.9 Å². The minimum Gasteiger partial charge on any atom is -0.497 e. The van der Waals surface area contributed by atoms with Crippen molar-refractivity contribution >= 4 is 16.8 Å². The van der Waals surface area contributed by atoms with Gasteiger partial charge in [-0.3, -0.25) is 9.69 Å². The number of nitrogens with one attached hydrogen (secondary N) is 1. The van der Waals surface area contributed by atoms with Crippen LogP contribution in [-0.2, 0) is 0 Å². The highest BCUT2D eigenvalue weighted by Crippen LogP contribution is 2.29. The molecule has 0 bridgehead atoms. The molecule has 1 atom stereocenters. The lowest BCUT2D eigenvalue weighted by Crippen LogP contribution is -2.37. The fourth-order valence-electron chi connectivity index (χ4n) is 5.19. The first kappa shape index (κ1) is 25.0. The van der Waals surface area contributed by atoms with Gasteiger partial charge >= 0.3 is 0 Å². The Morgan fingerprint density at radius 1 is 0.946 bits per heavy atom. The molecule has 190 valence electrons. The molecule has 1 unspecified atom stereocenters. The predicted octanol–water partition coefficient (Wildman–Crippen LogP) is 6.60. The number of carbonyl (C=O) groups excluding carboxylic acids is 1. The van der Waals surface area contributed by atoms with Gasteiger partial charge in [0.1, 0.15) is 5.75 Å². The minimum absolute atomic E-state index is 0.0780. The second-order valence-electron chi connectivity index (χ2n) is 10.1. The summed E-state index contributed by atoms with van der Waals surface area (Å²) in [6.07, 6.45) is 2.40. The number of amides is 1. The van der Waals surface area contributed by atoms with Gasteiger partial charge in [-0.05, 0) is 67.2 Å². The Bertz CT molecular complexity index is 1370. The van der Waals surface area contributed by atoms with Gasteiger partial charge in [0.15, 0.2) is 0 Å². The zero-order chi connectivity index (χ0) is 25.8. The van der Waals surface area contributed by atoms with Crippen molar-refractivity contribution < 1.29 is 9.53 Å². The number of pyridine rings is 1. The number of hydrogen-bond acceptors (Lipinski definition) is 4. The molecule has 1 amide bonds. The topological polar surface area (TPSA) is 54.5 Å². The first-order valence-electron chi connectivity index (χ1n) is 13.2. The van der Waals surface area contributed by atoms with Crippen LogP contribution in [0.4, 0.5) is 0 Å². The van der Waals surface area contributed by atoms with Crippen LogP contribution >= 0.6 is 0 Å². The van der Waals surface area contributed by atoms with E-state index in [0.717, 1.165) is 41.0 Å². The van der Waals surface area contributed by atoms with Crippen molar-refractivity contribution in [3.8, 4) is 17.0 Å². The second kappa shape index (κ2) is 11.1. The molecule has 0 radical (unpaired) electrons. The van der Waals surface area contributed by atoms with Crippen molar-refractivity contribution in [1.29, 1.82) is 0 Å². The standard InChI is InChI=1S/C32H35N3O2/c1-22(2)23-13-15-24(16-14-23)31(35-17-6-7-18-35)21-33-32(36)28-20-30(25-9-8-10-26(19-25)37-3)34-29-12-5-4-11-27(28)29/h4-5,8-16,19-20,22,31H,6-7,17-18,21H2,1-3H3,(H,33,36). The van der Waals surface area contributed by atoms with E-state index in [1.54, 1.807) is 7.11 Å². The summed E-state index contributed by atoms with van der Waals surface area (Å²) in [5.41, 5.74) is 5.69. The van der Waals surface area contributed by atoms with Gasteiger partial charge in [-0.2, -0.15) is 0 Å². The van der Waals surface area contributed by atoms with Gasteiger partial charge in [-0.15, -0.1) is 0 Å². The molecule has 2 heterocycles. The molecule has 3 aromatic carbocycles. The number of aromatic nitrogens is 1. The van der Waals surface area contributed by atoms with Crippen LogP contribution in [0, 0.1) is 0 Å². The largest absolute Gasteiger partial charge is 0.497 e. The van der Waals surface area contributed by atoms with Crippen molar-refractivity contribution in [2.24, 2.45) is 0 Å². The molecule has 1 aliphatic rings. The third-order valence-electron chi connectivity index (χ3n) is 7.35. The monoisotopic (exact) mass is 493 g/mol. The summed E-state index contributed by atoms with van der Waals surface area (Å²) in [7, 11) is 1.65. The lowest BCUT2D eigenvalue weighted by atomic mass is 9.98. The maximum Gasteiger partial charge on any atom is 0.252 e. The van der Waals surface area contributed by atoms with Gasteiger partial charge in [0.25, 0.3) is 5.91 Å². The molecule has 5 nitrogen and oxygen atoms in total. The quantitative estimate of drug-likeness (QED) is 0.300. The van der Waals surface area contributed by atoms with Gasteiger partial charge in [0.2, 0.25) is 0 Å². The molecule has 5 heteroatoms. The maximum atomic E-state index is 13.7. The summed E-state index contributed by atoms with van der Waals surface area (Å²) in [5.74, 6) is 1.18. The number of rotatable bonds is 8. The summed E-state index contributed by atoms with van der Waals surface area (Å²) in [5, 5.41) is 4.12. The van der Waals surface area contributed by atoms with E-state index in [0.29, 0.717) is 18.0 Å². The van der Waals surface area contributed by atoms with Crippen molar-refractivity contribution in [2.45, 2.75) is 38.6 Å². The highest BCUT2D eigenvalue weighted by atomic mass is 16.5. The van der Waals surface area contributed by atoms with E-state index in [9.17, 15) is 4.79 Å². The average Bonchev–Trinajstić information content (AvgIpc) is 3.47. The first-order valence-corrected chi connectivity index (χ1v) is 13.2. The molecule has 4 aromatic rings. The predicted molar refractivity (Wildman–Crippen MR) is 150 cm³/mol. The summed E-state index contributed by atoms with van der Waals surface area (Å²) < 4.78 is 5.41. The number of para-hydroxylation sites is 1. The lowest BCUT2D eigenvalue weighted by molar-refractivity contribution is 0.0939. The van der Waals surface area contributed by atoms with Crippen molar-refractivity contribution in [3.05, 3.63) is 95.6 Å². The van der Waals surface area contributed by atoms with Gasteiger partial charge in [0, 0.05) is 17.5 Å². The zero-order valence-corrected chi connectivity index (χ0v) is 21.9. The number of fused-ring (bicyclic) bond motifs is 1. The van der Waals surface area contributed by atoms with Crippen molar-refractivity contribution in [2.75, 3.05) is 26.7 Å². The van der Waals surface area contributed by atoms with Crippen LogP contribution in [-0.4, -0.2) is 42.5 Å². The summed E-state index contributed by atoms with van der Waals surface area (Å²) in [4.78, 5) is 21.0. The second-order valence-corrected chi connectivity index (χ2v) is 10.1. The Hall–Kier alpha value is -3.70. The normalized spacial score (nSPS) is 14.7. The van der Waals surface area contributed by atoms with E-state index in [2.05, 4.69) is 48.3 Å². The molecule has 1 N–H and O–H groups in total. The Morgan fingerprint density at radius 2 is 1.68 bits per heavy atom. The van der Waals surface area contributed by atoms with Crippen molar-refractivity contribution in [1.82, 2.24) is 15.2 Å². The number of hydrogen-bond donors (Lipinski definition) is 1. The van der Waals surface area contributed by atoms with Gasteiger partial charge < -0.3 is 10.1 Å². The van der Waals surface area contributed by atoms with Crippen LogP contribution in [0.3, 0.4) is 0 Å². The molecular formula is C32H35N3O2. The maximum absolute atomic E-state index is 13.7. The molecule has 1 aliphatic heterocycles. The molecule has 1 saturated heterocycles. The molecule has 0 aliphatic carbocycles. The SMILES string of the molecule is COc1cccc(-c2cc(C(=O)NCC(c3ccc(C(C)C)cc3)N3CCCC3)c3ccccc3n2)c1. The number of ether oxygens (including phenoxy) is 1.